The first-order chi connectivity index (χ1) is 13.3. The van der Waals surface area contributed by atoms with Crippen molar-refractivity contribution >= 4 is 28.9 Å². The lowest BCUT2D eigenvalue weighted by Gasteiger charge is -2.13. The smallest absolute Gasteiger partial charge is 0.349 e. The van der Waals surface area contributed by atoms with E-state index in [1.165, 1.54) is 11.3 Å². The van der Waals surface area contributed by atoms with Gasteiger partial charge in [-0.15, -0.1) is 11.3 Å². The van der Waals surface area contributed by atoms with E-state index in [-0.39, 0.29) is 12.5 Å². The van der Waals surface area contributed by atoms with Crippen molar-refractivity contribution in [2.45, 2.75) is 27.7 Å². The molecule has 1 heterocycles. The highest BCUT2D eigenvalue weighted by atomic mass is 32.1. The number of amides is 1. The van der Waals surface area contributed by atoms with Crippen molar-refractivity contribution in [2.75, 3.05) is 11.9 Å². The molecule has 0 unspecified atom stereocenters. The molecule has 1 aromatic heterocycles. The number of thiophene rings is 1. The number of esters is 1. The van der Waals surface area contributed by atoms with Gasteiger partial charge in [-0.3, -0.25) is 4.79 Å². The Hall–Kier alpha value is -2.92. The van der Waals surface area contributed by atoms with Gasteiger partial charge in [0.25, 0.3) is 5.91 Å². The molecule has 0 saturated carbocycles. The predicted octanol–water partition coefficient (Wildman–Crippen LogP) is 5.44. The first kappa shape index (κ1) is 19.8. The van der Waals surface area contributed by atoms with Crippen LogP contribution in [0.3, 0.4) is 0 Å². The number of hydrogen-bond donors (Lipinski definition) is 1. The van der Waals surface area contributed by atoms with E-state index >= 15 is 0 Å². The predicted molar refractivity (Wildman–Crippen MR) is 114 cm³/mol. The van der Waals surface area contributed by atoms with E-state index in [1.54, 1.807) is 0 Å². The molecule has 0 bridgehead atoms. The molecule has 5 heteroatoms. The largest absolute Gasteiger partial charge is 0.451 e. The van der Waals surface area contributed by atoms with Crippen LogP contribution in [0, 0.1) is 27.7 Å². The second-order valence-electron chi connectivity index (χ2n) is 6.93. The molecule has 0 fully saturated rings. The van der Waals surface area contributed by atoms with Crippen molar-refractivity contribution in [1.82, 2.24) is 0 Å². The van der Waals surface area contributed by atoms with Crippen LogP contribution in [0.4, 0.5) is 5.69 Å². The lowest BCUT2D eigenvalue weighted by atomic mass is 10.1. The number of carbonyl (C=O) groups excluding carboxylic acids is 2. The summed E-state index contributed by atoms with van der Waals surface area (Å²) in [4.78, 5) is 25.3. The van der Waals surface area contributed by atoms with Crippen LogP contribution in [-0.4, -0.2) is 18.5 Å². The summed E-state index contributed by atoms with van der Waals surface area (Å²) in [5.74, 6) is -0.838. The summed E-state index contributed by atoms with van der Waals surface area (Å²) >= 11 is 1.31. The van der Waals surface area contributed by atoms with Gasteiger partial charge in [0.1, 0.15) is 4.88 Å². The third-order valence-electron chi connectivity index (χ3n) is 4.49. The summed E-state index contributed by atoms with van der Waals surface area (Å²) in [6.45, 7) is 7.60. The molecule has 1 N–H and O–H groups in total. The zero-order valence-electron chi connectivity index (χ0n) is 16.5. The minimum atomic E-state index is -0.488. The summed E-state index contributed by atoms with van der Waals surface area (Å²) in [5.41, 5.74) is 6.80. The molecule has 3 aromatic rings. The van der Waals surface area contributed by atoms with Gasteiger partial charge in [0.15, 0.2) is 6.61 Å². The zero-order chi connectivity index (χ0) is 20.3. The Kier molecular flexibility index (Phi) is 5.95. The molecule has 1 amide bonds. The molecule has 0 aliphatic carbocycles. The Balaban J connectivity index is 1.66. The maximum atomic E-state index is 12.5. The Labute approximate surface area is 169 Å². The van der Waals surface area contributed by atoms with Crippen molar-refractivity contribution in [2.24, 2.45) is 0 Å². The van der Waals surface area contributed by atoms with Gasteiger partial charge in [0, 0.05) is 11.3 Å². The molecule has 4 nitrogen and oxygen atoms in total. The number of aryl methyl sites for hydroxylation is 4. The first-order valence-electron chi connectivity index (χ1n) is 9.04. The average Bonchev–Trinajstić information content (AvgIpc) is 3.13. The second kappa shape index (κ2) is 8.40. The van der Waals surface area contributed by atoms with Crippen LogP contribution < -0.4 is 5.32 Å². The molecule has 2 aromatic carbocycles. The fourth-order valence-corrected chi connectivity index (χ4v) is 3.99. The summed E-state index contributed by atoms with van der Waals surface area (Å²) in [5, 5.41) is 4.70. The molecule has 0 spiro atoms. The third-order valence-corrected chi connectivity index (χ3v) is 5.38. The van der Waals surface area contributed by atoms with Crippen LogP contribution >= 0.6 is 11.3 Å². The van der Waals surface area contributed by atoms with Gasteiger partial charge in [0.05, 0.1) is 0 Å². The highest BCUT2D eigenvalue weighted by molar-refractivity contribution is 7.12. The SMILES string of the molecule is Cc1ccc(-c2ccsc2C(=O)OCC(=O)Nc2c(C)cc(C)cc2C)cc1. The lowest BCUT2D eigenvalue weighted by Crippen LogP contribution is -2.21. The fourth-order valence-electron chi connectivity index (χ4n) is 3.18. The second-order valence-corrected chi connectivity index (χ2v) is 7.84. The summed E-state index contributed by atoms with van der Waals surface area (Å²) in [7, 11) is 0. The van der Waals surface area contributed by atoms with E-state index in [2.05, 4.69) is 5.32 Å². The minimum absolute atomic E-state index is 0.323. The molecule has 0 radical (unpaired) electrons. The summed E-state index contributed by atoms with van der Waals surface area (Å²) < 4.78 is 5.27. The number of nitrogens with one attached hydrogen (secondary N) is 1. The quantitative estimate of drug-likeness (QED) is 0.587. The Morgan fingerprint density at radius 2 is 1.57 bits per heavy atom. The molecule has 0 saturated heterocycles. The van der Waals surface area contributed by atoms with Crippen molar-refractivity contribution < 1.29 is 14.3 Å². The van der Waals surface area contributed by atoms with Crippen molar-refractivity contribution in [1.29, 1.82) is 0 Å². The van der Waals surface area contributed by atoms with E-state index in [0.29, 0.717) is 4.88 Å². The van der Waals surface area contributed by atoms with Crippen LogP contribution in [0.2, 0.25) is 0 Å². The number of carbonyl (C=O) groups is 2. The monoisotopic (exact) mass is 393 g/mol. The fraction of sp³-hybridized carbons (Fsp3) is 0.217. The standard InChI is InChI=1S/C23H23NO3S/c1-14-5-7-18(8-6-14)19-9-10-28-22(19)23(26)27-13-20(25)24-21-16(3)11-15(2)12-17(21)4/h5-12H,13H2,1-4H3,(H,24,25). The molecule has 28 heavy (non-hydrogen) atoms. The number of ether oxygens (including phenoxy) is 1. The van der Waals surface area contributed by atoms with E-state index in [4.69, 9.17) is 4.74 Å². The molecule has 144 valence electrons. The summed E-state index contributed by atoms with van der Waals surface area (Å²) in [6, 6.07) is 13.9. The van der Waals surface area contributed by atoms with Gasteiger partial charge in [-0.1, -0.05) is 47.5 Å². The minimum Gasteiger partial charge on any atom is -0.451 e. The van der Waals surface area contributed by atoms with Gasteiger partial charge < -0.3 is 10.1 Å². The number of anilines is 1. The zero-order valence-corrected chi connectivity index (χ0v) is 17.3. The van der Waals surface area contributed by atoms with Crippen LogP contribution in [0.5, 0.6) is 0 Å². The van der Waals surface area contributed by atoms with Crippen molar-refractivity contribution in [3.8, 4) is 11.1 Å². The van der Waals surface area contributed by atoms with Gasteiger partial charge in [0.2, 0.25) is 0 Å². The first-order valence-corrected chi connectivity index (χ1v) is 9.92. The number of rotatable bonds is 5. The maximum absolute atomic E-state index is 12.5. The third kappa shape index (κ3) is 4.49. The highest BCUT2D eigenvalue weighted by Crippen LogP contribution is 2.29. The van der Waals surface area contributed by atoms with E-state index in [9.17, 15) is 9.59 Å². The van der Waals surface area contributed by atoms with Gasteiger partial charge >= 0.3 is 5.97 Å². The van der Waals surface area contributed by atoms with Crippen LogP contribution in [0.25, 0.3) is 11.1 Å². The van der Waals surface area contributed by atoms with E-state index in [0.717, 1.165) is 39.1 Å². The Morgan fingerprint density at radius 3 is 2.21 bits per heavy atom. The Bertz CT molecular complexity index is 996. The van der Waals surface area contributed by atoms with Gasteiger partial charge in [-0.2, -0.15) is 0 Å². The van der Waals surface area contributed by atoms with E-state index in [1.807, 2.05) is 75.5 Å². The number of hydrogen-bond acceptors (Lipinski definition) is 4. The summed E-state index contributed by atoms with van der Waals surface area (Å²) in [6.07, 6.45) is 0. The van der Waals surface area contributed by atoms with Gasteiger partial charge in [-0.05, 0) is 55.8 Å². The molecule has 0 aliphatic heterocycles. The van der Waals surface area contributed by atoms with E-state index < -0.39 is 5.97 Å². The molecule has 3 rings (SSSR count). The van der Waals surface area contributed by atoms with Crippen LogP contribution in [0.1, 0.15) is 31.9 Å². The topological polar surface area (TPSA) is 55.4 Å². The Morgan fingerprint density at radius 1 is 0.929 bits per heavy atom. The molecule has 0 aliphatic rings. The van der Waals surface area contributed by atoms with Crippen LogP contribution in [0.15, 0.2) is 47.8 Å². The van der Waals surface area contributed by atoms with Gasteiger partial charge in [-0.25, -0.2) is 4.79 Å². The average molecular weight is 394 g/mol. The van der Waals surface area contributed by atoms with Crippen molar-refractivity contribution in [3.63, 3.8) is 0 Å². The highest BCUT2D eigenvalue weighted by Gasteiger charge is 2.18. The lowest BCUT2D eigenvalue weighted by molar-refractivity contribution is -0.119. The normalized spacial score (nSPS) is 10.6. The maximum Gasteiger partial charge on any atom is 0.349 e. The van der Waals surface area contributed by atoms with Crippen LogP contribution in [-0.2, 0) is 9.53 Å². The molecule has 0 atom stereocenters. The van der Waals surface area contributed by atoms with Crippen molar-refractivity contribution in [3.05, 3.63) is 75.0 Å². The number of benzene rings is 2. The molecular formula is C23H23NO3S. The molecular weight excluding hydrogens is 370 g/mol.